The summed E-state index contributed by atoms with van der Waals surface area (Å²) in [7, 11) is 0. The van der Waals surface area contributed by atoms with Gasteiger partial charge in [-0.3, -0.25) is 9.59 Å². The summed E-state index contributed by atoms with van der Waals surface area (Å²) in [5, 5.41) is 6.52. The summed E-state index contributed by atoms with van der Waals surface area (Å²) in [6.07, 6.45) is 1.50. The van der Waals surface area contributed by atoms with Crippen LogP contribution in [0.4, 0.5) is 5.69 Å². The van der Waals surface area contributed by atoms with Crippen LogP contribution >= 0.6 is 0 Å². The van der Waals surface area contributed by atoms with Crippen molar-refractivity contribution in [2.75, 3.05) is 5.32 Å². The smallest absolute Gasteiger partial charge is 0.289 e. The molecule has 0 atom stereocenters. The van der Waals surface area contributed by atoms with Gasteiger partial charge in [0.1, 0.15) is 11.3 Å². The molecule has 1 aromatic carbocycles. The molecule has 2 aromatic rings. The summed E-state index contributed by atoms with van der Waals surface area (Å²) in [5.74, 6) is -0.363. The van der Waals surface area contributed by atoms with Gasteiger partial charge in [0.15, 0.2) is 0 Å². The van der Waals surface area contributed by atoms with E-state index in [-0.39, 0.29) is 23.5 Å². The highest BCUT2D eigenvalue weighted by atomic mass is 16.3. The number of carbonyl (C=O) groups is 2. The number of fused-ring (bicyclic) bond motifs is 1. The van der Waals surface area contributed by atoms with Crippen LogP contribution in [0.25, 0.3) is 11.0 Å². The largest absolute Gasteiger partial charge is 0.449 e. The molecule has 0 aliphatic rings. The molecule has 0 fully saturated rings. The number of carbonyl (C=O) groups excluding carboxylic acids is 2. The Bertz CT molecular complexity index is 737. The molecular weight excluding hydrogens is 304 g/mol. The fourth-order valence-electron chi connectivity index (χ4n) is 2.61. The van der Waals surface area contributed by atoms with Crippen molar-refractivity contribution in [1.29, 1.82) is 0 Å². The van der Waals surface area contributed by atoms with Crippen LogP contribution in [-0.4, -0.2) is 17.4 Å². The molecule has 0 saturated carbocycles. The van der Waals surface area contributed by atoms with E-state index in [9.17, 15) is 9.59 Å². The lowest BCUT2D eigenvalue weighted by molar-refractivity contribution is -0.120. The molecule has 2 rings (SSSR count). The topological polar surface area (TPSA) is 71.3 Å². The predicted octanol–water partition coefficient (Wildman–Crippen LogP) is 4.34. The van der Waals surface area contributed by atoms with Gasteiger partial charge in [0.05, 0.1) is 0 Å². The number of benzene rings is 1. The molecule has 0 spiro atoms. The Kier molecular flexibility index (Phi) is 5.32. The highest BCUT2D eigenvalue weighted by molar-refractivity contribution is 6.11. The van der Waals surface area contributed by atoms with Gasteiger partial charge < -0.3 is 15.1 Å². The second-order valence-electron chi connectivity index (χ2n) is 7.01. The van der Waals surface area contributed by atoms with Gasteiger partial charge >= 0.3 is 0 Å². The van der Waals surface area contributed by atoms with Crippen molar-refractivity contribution in [3.05, 3.63) is 30.0 Å². The van der Waals surface area contributed by atoms with E-state index in [4.69, 9.17) is 4.42 Å². The Morgan fingerprint density at radius 2 is 1.75 bits per heavy atom. The molecule has 5 heteroatoms. The second kappa shape index (κ2) is 7.07. The molecule has 130 valence electrons. The summed E-state index contributed by atoms with van der Waals surface area (Å²) >= 11 is 0. The molecule has 1 aromatic heterocycles. The zero-order chi connectivity index (χ0) is 17.9. The van der Waals surface area contributed by atoms with Crippen LogP contribution < -0.4 is 10.6 Å². The third-order valence-electron chi connectivity index (χ3n) is 3.89. The van der Waals surface area contributed by atoms with Gasteiger partial charge in [-0.25, -0.2) is 0 Å². The summed E-state index contributed by atoms with van der Waals surface area (Å²) in [4.78, 5) is 25.1. The van der Waals surface area contributed by atoms with Crippen molar-refractivity contribution in [2.45, 2.75) is 53.0 Å². The first-order chi connectivity index (χ1) is 11.3. The van der Waals surface area contributed by atoms with Crippen LogP contribution in [0.2, 0.25) is 0 Å². The fraction of sp³-hybridized carbons (Fsp3) is 0.474. The maximum absolute atomic E-state index is 12.6. The van der Waals surface area contributed by atoms with Gasteiger partial charge in [-0.1, -0.05) is 26.0 Å². The van der Waals surface area contributed by atoms with Crippen LogP contribution in [0.3, 0.4) is 0 Å². The molecule has 0 aliphatic carbocycles. The number of hydrogen-bond donors (Lipinski definition) is 2. The zero-order valence-corrected chi connectivity index (χ0v) is 15.0. The maximum Gasteiger partial charge on any atom is 0.289 e. The molecule has 2 amide bonds. The fourth-order valence-corrected chi connectivity index (χ4v) is 2.61. The standard InChI is InChI=1S/C19H26N2O3/c1-6-12(7-2)17(22)20-15-13-10-8-9-11-14(13)24-16(15)18(23)21-19(3,4)5/h8-12H,6-7H2,1-5H3,(H,20,22)(H,21,23). The quantitative estimate of drug-likeness (QED) is 0.857. The van der Waals surface area contributed by atoms with E-state index in [0.29, 0.717) is 11.3 Å². The zero-order valence-electron chi connectivity index (χ0n) is 15.0. The van der Waals surface area contributed by atoms with E-state index in [1.165, 1.54) is 0 Å². The Morgan fingerprint density at radius 1 is 1.12 bits per heavy atom. The molecule has 0 bridgehead atoms. The number of para-hydroxylation sites is 1. The third-order valence-corrected chi connectivity index (χ3v) is 3.89. The van der Waals surface area contributed by atoms with E-state index in [0.717, 1.165) is 18.2 Å². The number of furan rings is 1. The van der Waals surface area contributed by atoms with E-state index in [1.807, 2.05) is 52.8 Å². The molecular formula is C19H26N2O3. The highest BCUT2D eigenvalue weighted by Gasteiger charge is 2.26. The van der Waals surface area contributed by atoms with Crippen molar-refractivity contribution < 1.29 is 14.0 Å². The van der Waals surface area contributed by atoms with E-state index < -0.39 is 5.54 Å². The molecule has 0 saturated heterocycles. The molecule has 5 nitrogen and oxygen atoms in total. The lowest BCUT2D eigenvalue weighted by Gasteiger charge is -2.20. The Balaban J connectivity index is 2.44. The molecule has 0 aliphatic heterocycles. The van der Waals surface area contributed by atoms with E-state index in [2.05, 4.69) is 10.6 Å². The van der Waals surface area contributed by atoms with Crippen molar-refractivity contribution in [3.8, 4) is 0 Å². The minimum absolute atomic E-state index is 0.0859. The number of anilines is 1. The van der Waals surface area contributed by atoms with E-state index in [1.54, 1.807) is 6.07 Å². The minimum atomic E-state index is -0.396. The molecule has 0 unspecified atom stereocenters. The molecule has 2 N–H and O–H groups in total. The van der Waals surface area contributed by atoms with Crippen LogP contribution in [0.1, 0.15) is 58.0 Å². The number of hydrogen-bond acceptors (Lipinski definition) is 3. The van der Waals surface area contributed by atoms with E-state index >= 15 is 0 Å². The van der Waals surface area contributed by atoms with Gasteiger partial charge in [0.25, 0.3) is 5.91 Å². The van der Waals surface area contributed by atoms with Crippen LogP contribution in [-0.2, 0) is 4.79 Å². The SMILES string of the molecule is CCC(CC)C(=O)Nc1c(C(=O)NC(C)(C)C)oc2ccccc12. The molecule has 0 radical (unpaired) electrons. The van der Waals surface area contributed by atoms with Gasteiger partial charge in [-0.2, -0.15) is 0 Å². The van der Waals surface area contributed by atoms with Crippen molar-refractivity contribution >= 4 is 28.5 Å². The average molecular weight is 330 g/mol. The Labute approximate surface area is 142 Å². The van der Waals surface area contributed by atoms with Gasteiger partial charge in [-0.05, 0) is 45.7 Å². The van der Waals surface area contributed by atoms with Crippen LogP contribution in [0, 0.1) is 5.92 Å². The predicted molar refractivity (Wildman–Crippen MR) is 96.1 cm³/mol. The summed E-state index contributed by atoms with van der Waals surface area (Å²) < 4.78 is 5.73. The lowest BCUT2D eigenvalue weighted by Crippen LogP contribution is -2.40. The van der Waals surface area contributed by atoms with Gasteiger partial charge in [0.2, 0.25) is 11.7 Å². The van der Waals surface area contributed by atoms with Crippen LogP contribution in [0.5, 0.6) is 0 Å². The first-order valence-electron chi connectivity index (χ1n) is 8.41. The molecule has 1 heterocycles. The summed E-state index contributed by atoms with van der Waals surface area (Å²) in [6.45, 7) is 9.66. The third kappa shape index (κ3) is 3.96. The maximum atomic E-state index is 12.6. The number of nitrogens with one attached hydrogen (secondary N) is 2. The number of rotatable bonds is 5. The minimum Gasteiger partial charge on any atom is -0.449 e. The van der Waals surface area contributed by atoms with Gasteiger partial charge in [0, 0.05) is 16.8 Å². The monoisotopic (exact) mass is 330 g/mol. The van der Waals surface area contributed by atoms with Gasteiger partial charge in [-0.15, -0.1) is 0 Å². The normalized spacial score (nSPS) is 11.8. The van der Waals surface area contributed by atoms with Crippen molar-refractivity contribution in [2.24, 2.45) is 5.92 Å². The highest BCUT2D eigenvalue weighted by Crippen LogP contribution is 2.32. The average Bonchev–Trinajstić information content (AvgIpc) is 2.86. The first kappa shape index (κ1) is 18.0. The van der Waals surface area contributed by atoms with Crippen molar-refractivity contribution in [1.82, 2.24) is 5.32 Å². The summed E-state index contributed by atoms with van der Waals surface area (Å²) in [6, 6.07) is 7.32. The molecule has 24 heavy (non-hydrogen) atoms. The lowest BCUT2D eigenvalue weighted by atomic mass is 10.0. The second-order valence-corrected chi connectivity index (χ2v) is 7.01. The number of amides is 2. The summed E-state index contributed by atoms with van der Waals surface area (Å²) in [5.41, 5.74) is 0.632. The Hall–Kier alpha value is -2.30. The Morgan fingerprint density at radius 3 is 2.33 bits per heavy atom. The van der Waals surface area contributed by atoms with Crippen LogP contribution in [0.15, 0.2) is 28.7 Å². The van der Waals surface area contributed by atoms with Crippen molar-refractivity contribution in [3.63, 3.8) is 0 Å². The first-order valence-corrected chi connectivity index (χ1v) is 8.41.